The maximum Gasteiger partial charge on any atom is 0.231 e. The van der Waals surface area contributed by atoms with Gasteiger partial charge in [0.05, 0.1) is 17.6 Å². The first-order chi connectivity index (χ1) is 11.4. The van der Waals surface area contributed by atoms with Crippen LogP contribution in [0.3, 0.4) is 0 Å². The van der Waals surface area contributed by atoms with E-state index < -0.39 is 10.0 Å². The van der Waals surface area contributed by atoms with Gasteiger partial charge in [-0.25, -0.2) is 8.42 Å². The summed E-state index contributed by atoms with van der Waals surface area (Å²) < 4.78 is 24.6. The molecule has 0 atom stereocenters. The van der Waals surface area contributed by atoms with Crippen molar-refractivity contribution >= 4 is 38.4 Å². The minimum absolute atomic E-state index is 0.588. The number of aliphatic imine (C=N–C) groups is 1. The molecule has 3 rings (SSSR count). The molecule has 0 saturated heterocycles. The summed E-state index contributed by atoms with van der Waals surface area (Å²) in [5, 5.41) is 2.29. The standard InChI is InChI=1S/C19H18N2O2S/c1-21(24(2,22)23)18-11-6-10-17(13-18)20-14-16-9-5-8-15-7-3-4-12-19(15)16/h3-14H,1-2H3. The molecule has 0 unspecified atom stereocenters. The van der Waals surface area contributed by atoms with Crippen molar-refractivity contribution in [2.45, 2.75) is 0 Å². The van der Waals surface area contributed by atoms with Gasteiger partial charge in [0.2, 0.25) is 10.0 Å². The van der Waals surface area contributed by atoms with Crippen LogP contribution in [0.2, 0.25) is 0 Å². The van der Waals surface area contributed by atoms with E-state index in [4.69, 9.17) is 0 Å². The number of hydrogen-bond acceptors (Lipinski definition) is 3. The van der Waals surface area contributed by atoms with Gasteiger partial charge in [0.15, 0.2) is 0 Å². The van der Waals surface area contributed by atoms with Crippen LogP contribution in [0.25, 0.3) is 10.8 Å². The van der Waals surface area contributed by atoms with Gasteiger partial charge in [0, 0.05) is 18.8 Å². The van der Waals surface area contributed by atoms with Crippen LogP contribution in [0.4, 0.5) is 11.4 Å². The van der Waals surface area contributed by atoms with Crippen molar-refractivity contribution in [2.24, 2.45) is 4.99 Å². The lowest BCUT2D eigenvalue weighted by molar-refractivity contribution is 0.600. The van der Waals surface area contributed by atoms with E-state index in [0.29, 0.717) is 11.4 Å². The summed E-state index contributed by atoms with van der Waals surface area (Å²) in [5.74, 6) is 0. The van der Waals surface area contributed by atoms with Crippen LogP contribution in [-0.4, -0.2) is 27.9 Å². The first kappa shape index (κ1) is 16.2. The zero-order valence-electron chi connectivity index (χ0n) is 13.5. The van der Waals surface area contributed by atoms with E-state index in [-0.39, 0.29) is 0 Å². The quantitative estimate of drug-likeness (QED) is 0.676. The molecule has 5 heteroatoms. The number of rotatable bonds is 4. The van der Waals surface area contributed by atoms with Gasteiger partial charge in [-0.05, 0) is 29.0 Å². The number of hydrogen-bond donors (Lipinski definition) is 0. The van der Waals surface area contributed by atoms with Gasteiger partial charge in [0.25, 0.3) is 0 Å². The second kappa shape index (κ2) is 6.45. The first-order valence-electron chi connectivity index (χ1n) is 7.51. The third-order valence-electron chi connectivity index (χ3n) is 3.87. The Labute approximate surface area is 142 Å². The predicted molar refractivity (Wildman–Crippen MR) is 101 cm³/mol. The molecule has 0 aromatic heterocycles. The Bertz CT molecular complexity index is 1010. The molecule has 0 bridgehead atoms. The van der Waals surface area contributed by atoms with Crippen molar-refractivity contribution < 1.29 is 8.42 Å². The SMILES string of the molecule is CN(c1cccc(N=Cc2cccc3ccccc23)c1)S(C)(=O)=O. The van der Waals surface area contributed by atoms with Gasteiger partial charge in [-0.15, -0.1) is 0 Å². The van der Waals surface area contributed by atoms with Crippen LogP contribution in [0, 0.1) is 0 Å². The fourth-order valence-corrected chi connectivity index (χ4v) is 2.96. The molecule has 0 fully saturated rings. The first-order valence-corrected chi connectivity index (χ1v) is 9.36. The molecule has 0 aliphatic rings. The lowest BCUT2D eigenvalue weighted by atomic mass is 10.1. The van der Waals surface area contributed by atoms with E-state index in [1.165, 1.54) is 17.6 Å². The van der Waals surface area contributed by atoms with Crippen LogP contribution in [-0.2, 0) is 10.0 Å². The lowest BCUT2D eigenvalue weighted by Gasteiger charge is -2.16. The fourth-order valence-electron chi connectivity index (χ4n) is 2.47. The molecule has 0 aliphatic carbocycles. The molecule has 0 N–H and O–H groups in total. The minimum Gasteiger partial charge on any atom is -0.273 e. The molecular weight excluding hydrogens is 320 g/mol. The summed E-state index contributed by atoms with van der Waals surface area (Å²) in [7, 11) is -1.76. The molecular formula is C19H18N2O2S. The van der Waals surface area contributed by atoms with Crippen LogP contribution >= 0.6 is 0 Å². The highest BCUT2D eigenvalue weighted by Gasteiger charge is 2.11. The van der Waals surface area contributed by atoms with Gasteiger partial charge >= 0.3 is 0 Å². The second-order valence-corrected chi connectivity index (χ2v) is 7.59. The van der Waals surface area contributed by atoms with Crippen LogP contribution in [0.15, 0.2) is 71.7 Å². The highest BCUT2D eigenvalue weighted by molar-refractivity contribution is 7.92. The zero-order chi connectivity index (χ0) is 17.2. The number of benzene rings is 3. The smallest absolute Gasteiger partial charge is 0.231 e. The molecule has 4 nitrogen and oxygen atoms in total. The topological polar surface area (TPSA) is 49.7 Å². The van der Waals surface area contributed by atoms with Gasteiger partial charge in [-0.1, -0.05) is 48.5 Å². The Kier molecular flexibility index (Phi) is 4.36. The lowest BCUT2D eigenvalue weighted by Crippen LogP contribution is -2.24. The van der Waals surface area contributed by atoms with Crippen molar-refractivity contribution in [3.05, 3.63) is 72.3 Å². The van der Waals surface area contributed by atoms with Crippen LogP contribution in [0.1, 0.15) is 5.56 Å². The molecule has 0 saturated carbocycles. The van der Waals surface area contributed by atoms with E-state index in [2.05, 4.69) is 23.2 Å². The molecule has 0 aliphatic heterocycles. The maximum absolute atomic E-state index is 11.7. The van der Waals surface area contributed by atoms with Crippen molar-refractivity contribution in [3.63, 3.8) is 0 Å². The van der Waals surface area contributed by atoms with Crippen molar-refractivity contribution in [3.8, 4) is 0 Å². The van der Waals surface area contributed by atoms with Crippen molar-refractivity contribution in [2.75, 3.05) is 17.6 Å². The molecule has 0 radical (unpaired) electrons. The van der Waals surface area contributed by atoms with Crippen molar-refractivity contribution in [1.29, 1.82) is 0 Å². The zero-order valence-corrected chi connectivity index (χ0v) is 14.4. The summed E-state index contributed by atoms with van der Waals surface area (Å²) in [5.41, 5.74) is 2.32. The van der Waals surface area contributed by atoms with Crippen LogP contribution < -0.4 is 4.31 Å². The molecule has 0 heterocycles. The molecule has 3 aromatic carbocycles. The van der Waals surface area contributed by atoms with Crippen LogP contribution in [0.5, 0.6) is 0 Å². The third-order valence-corrected chi connectivity index (χ3v) is 5.07. The monoisotopic (exact) mass is 338 g/mol. The Balaban J connectivity index is 1.95. The van der Waals surface area contributed by atoms with E-state index in [1.54, 1.807) is 18.2 Å². The van der Waals surface area contributed by atoms with Gasteiger partial charge in [-0.2, -0.15) is 0 Å². The second-order valence-electron chi connectivity index (χ2n) is 5.58. The summed E-state index contributed by atoms with van der Waals surface area (Å²) >= 11 is 0. The Hall–Kier alpha value is -2.66. The molecule has 0 spiro atoms. The highest BCUT2D eigenvalue weighted by Crippen LogP contribution is 2.23. The highest BCUT2D eigenvalue weighted by atomic mass is 32.2. The fraction of sp³-hybridized carbons (Fsp3) is 0.105. The molecule has 122 valence electrons. The maximum atomic E-state index is 11.7. The third kappa shape index (κ3) is 3.46. The average Bonchev–Trinajstić information content (AvgIpc) is 2.58. The van der Waals surface area contributed by atoms with Gasteiger partial charge < -0.3 is 0 Å². The average molecular weight is 338 g/mol. The summed E-state index contributed by atoms with van der Waals surface area (Å²) in [6, 6.07) is 21.4. The molecule has 3 aromatic rings. The van der Waals surface area contributed by atoms with Gasteiger partial charge in [-0.3, -0.25) is 9.30 Å². The summed E-state index contributed by atoms with van der Waals surface area (Å²) in [6.45, 7) is 0. The number of sulfonamides is 1. The molecule has 24 heavy (non-hydrogen) atoms. The largest absolute Gasteiger partial charge is 0.273 e. The van der Waals surface area contributed by atoms with E-state index in [1.807, 2.05) is 36.5 Å². The number of nitrogens with zero attached hydrogens (tertiary/aromatic N) is 2. The number of fused-ring (bicyclic) bond motifs is 1. The Morgan fingerprint density at radius 1 is 0.958 bits per heavy atom. The number of anilines is 1. The normalized spacial score (nSPS) is 11.9. The van der Waals surface area contributed by atoms with E-state index >= 15 is 0 Å². The Morgan fingerprint density at radius 3 is 2.46 bits per heavy atom. The Morgan fingerprint density at radius 2 is 1.67 bits per heavy atom. The van der Waals surface area contributed by atoms with E-state index in [9.17, 15) is 8.42 Å². The molecule has 0 amide bonds. The van der Waals surface area contributed by atoms with Crippen molar-refractivity contribution in [1.82, 2.24) is 0 Å². The summed E-state index contributed by atoms with van der Waals surface area (Å²) in [4.78, 5) is 4.51. The summed E-state index contributed by atoms with van der Waals surface area (Å²) in [6.07, 6.45) is 2.99. The minimum atomic E-state index is -3.29. The van der Waals surface area contributed by atoms with E-state index in [0.717, 1.165) is 16.3 Å². The van der Waals surface area contributed by atoms with Gasteiger partial charge in [0.1, 0.15) is 0 Å². The predicted octanol–water partition coefficient (Wildman–Crippen LogP) is 3.99.